The molecular weight excluding hydrogens is 418 g/mol. The lowest BCUT2D eigenvalue weighted by atomic mass is 10.1. The lowest BCUT2D eigenvalue weighted by Crippen LogP contribution is -2.37. The minimum absolute atomic E-state index is 0.0658. The molecule has 33 heavy (non-hydrogen) atoms. The summed E-state index contributed by atoms with van der Waals surface area (Å²) in [6.07, 6.45) is 7.66. The first kappa shape index (κ1) is 23.0. The van der Waals surface area contributed by atoms with E-state index < -0.39 is 0 Å². The van der Waals surface area contributed by atoms with Gasteiger partial charge in [-0.2, -0.15) is 4.98 Å². The van der Waals surface area contributed by atoms with Crippen LogP contribution in [0.3, 0.4) is 0 Å². The second kappa shape index (κ2) is 9.74. The summed E-state index contributed by atoms with van der Waals surface area (Å²) < 4.78 is 7.56. The SMILES string of the molecule is COC1CCN(c2nccc(Nc3cc4c(cn3)c(C(=O)NC(C)C)cn4C(C)C)n2)CC1. The number of aromatic nitrogens is 4. The molecular formula is C24H33N7O2. The van der Waals surface area contributed by atoms with Crippen LogP contribution < -0.4 is 15.5 Å². The Hall–Kier alpha value is -3.20. The fourth-order valence-corrected chi connectivity index (χ4v) is 4.15. The Morgan fingerprint density at radius 3 is 2.58 bits per heavy atom. The van der Waals surface area contributed by atoms with E-state index >= 15 is 0 Å². The third-order valence-electron chi connectivity index (χ3n) is 5.90. The van der Waals surface area contributed by atoms with Crippen LogP contribution in [0.5, 0.6) is 0 Å². The van der Waals surface area contributed by atoms with E-state index in [1.54, 1.807) is 19.5 Å². The topological polar surface area (TPSA) is 97.2 Å². The third kappa shape index (κ3) is 5.08. The number of nitrogens with one attached hydrogen (secondary N) is 2. The molecule has 1 fully saturated rings. The second-order valence-electron chi connectivity index (χ2n) is 9.05. The predicted molar refractivity (Wildman–Crippen MR) is 130 cm³/mol. The first-order valence-corrected chi connectivity index (χ1v) is 11.5. The molecule has 0 aliphatic carbocycles. The van der Waals surface area contributed by atoms with Crippen LogP contribution in [0, 0.1) is 0 Å². The minimum Gasteiger partial charge on any atom is -0.381 e. The third-order valence-corrected chi connectivity index (χ3v) is 5.90. The number of pyridine rings is 1. The number of piperidine rings is 1. The zero-order valence-corrected chi connectivity index (χ0v) is 20.0. The Balaban J connectivity index is 1.58. The standard InChI is InChI=1S/C24H33N7O2/c1-15(2)27-23(32)19-14-31(16(3)4)20-12-22(26-13-18(19)20)28-21-6-9-25-24(29-21)30-10-7-17(33-5)8-11-30/h6,9,12-17H,7-8,10-11H2,1-5H3,(H,27,32)(H,25,26,28,29). The molecule has 0 atom stereocenters. The number of rotatable bonds is 7. The molecule has 0 bridgehead atoms. The van der Waals surface area contributed by atoms with Gasteiger partial charge >= 0.3 is 0 Å². The van der Waals surface area contributed by atoms with E-state index in [1.165, 1.54) is 0 Å². The molecule has 9 heteroatoms. The van der Waals surface area contributed by atoms with Crippen molar-refractivity contribution in [2.75, 3.05) is 30.4 Å². The number of methoxy groups -OCH3 is 1. The van der Waals surface area contributed by atoms with Gasteiger partial charge in [0.1, 0.15) is 11.6 Å². The maximum Gasteiger partial charge on any atom is 0.253 e. The number of anilines is 3. The van der Waals surface area contributed by atoms with Crippen molar-refractivity contribution in [3.05, 3.63) is 36.3 Å². The smallest absolute Gasteiger partial charge is 0.253 e. The van der Waals surface area contributed by atoms with Crippen LogP contribution in [0.15, 0.2) is 30.7 Å². The molecule has 0 unspecified atom stereocenters. The number of fused-ring (bicyclic) bond motifs is 1. The largest absolute Gasteiger partial charge is 0.381 e. The molecule has 1 aliphatic rings. The molecule has 3 aromatic heterocycles. The van der Waals surface area contributed by atoms with Crippen molar-refractivity contribution in [3.63, 3.8) is 0 Å². The van der Waals surface area contributed by atoms with Crippen molar-refractivity contribution in [2.45, 2.75) is 58.7 Å². The molecule has 0 aromatic carbocycles. The monoisotopic (exact) mass is 451 g/mol. The fraction of sp³-hybridized carbons (Fsp3) is 0.500. The van der Waals surface area contributed by atoms with E-state index in [0.29, 0.717) is 29.3 Å². The van der Waals surface area contributed by atoms with Gasteiger partial charge in [0.2, 0.25) is 5.95 Å². The quantitative estimate of drug-likeness (QED) is 0.562. The van der Waals surface area contributed by atoms with E-state index in [0.717, 1.165) is 36.8 Å². The summed E-state index contributed by atoms with van der Waals surface area (Å²) in [6.45, 7) is 9.84. The molecule has 1 aliphatic heterocycles. The molecule has 2 N–H and O–H groups in total. The maximum atomic E-state index is 12.7. The van der Waals surface area contributed by atoms with Crippen molar-refractivity contribution in [3.8, 4) is 0 Å². The molecule has 3 aromatic rings. The van der Waals surface area contributed by atoms with Crippen molar-refractivity contribution in [1.82, 2.24) is 24.8 Å². The molecule has 176 valence electrons. The first-order valence-electron chi connectivity index (χ1n) is 11.5. The van der Waals surface area contributed by atoms with E-state index in [-0.39, 0.29) is 18.0 Å². The van der Waals surface area contributed by atoms with Gasteiger partial charge in [-0.1, -0.05) is 0 Å². The summed E-state index contributed by atoms with van der Waals surface area (Å²) >= 11 is 0. The Bertz CT molecular complexity index is 1120. The summed E-state index contributed by atoms with van der Waals surface area (Å²) in [5.41, 5.74) is 1.59. The first-order chi connectivity index (χ1) is 15.9. The summed E-state index contributed by atoms with van der Waals surface area (Å²) in [7, 11) is 1.76. The Labute approximate surface area is 194 Å². The van der Waals surface area contributed by atoms with Crippen molar-refractivity contribution >= 4 is 34.4 Å². The molecule has 0 saturated carbocycles. The lowest BCUT2D eigenvalue weighted by Gasteiger charge is -2.31. The van der Waals surface area contributed by atoms with Crippen LogP contribution in [-0.2, 0) is 4.74 Å². The summed E-state index contributed by atoms with van der Waals surface area (Å²) in [5, 5.41) is 7.11. The maximum absolute atomic E-state index is 12.7. The average molecular weight is 452 g/mol. The number of carbonyl (C=O) groups is 1. The zero-order valence-electron chi connectivity index (χ0n) is 20.0. The Morgan fingerprint density at radius 2 is 1.91 bits per heavy atom. The van der Waals surface area contributed by atoms with Crippen molar-refractivity contribution < 1.29 is 9.53 Å². The highest BCUT2D eigenvalue weighted by atomic mass is 16.5. The van der Waals surface area contributed by atoms with Crippen LogP contribution in [0.25, 0.3) is 10.9 Å². The molecule has 1 amide bonds. The summed E-state index contributed by atoms with van der Waals surface area (Å²) in [4.78, 5) is 28.6. The van der Waals surface area contributed by atoms with Crippen molar-refractivity contribution in [1.29, 1.82) is 0 Å². The van der Waals surface area contributed by atoms with Gasteiger partial charge in [-0.25, -0.2) is 9.97 Å². The minimum atomic E-state index is -0.0883. The highest BCUT2D eigenvalue weighted by molar-refractivity contribution is 6.07. The van der Waals surface area contributed by atoms with Crippen LogP contribution in [-0.4, -0.2) is 57.8 Å². The fourth-order valence-electron chi connectivity index (χ4n) is 4.15. The molecule has 0 radical (unpaired) electrons. The predicted octanol–water partition coefficient (Wildman–Crippen LogP) is 3.90. The summed E-state index contributed by atoms with van der Waals surface area (Å²) in [6, 6.07) is 4.06. The number of nitrogens with zero attached hydrogens (tertiary/aromatic N) is 5. The molecule has 0 spiro atoms. The van der Waals surface area contributed by atoms with Gasteiger partial charge in [0.05, 0.1) is 17.2 Å². The average Bonchev–Trinajstić information content (AvgIpc) is 3.18. The molecule has 4 heterocycles. The van der Waals surface area contributed by atoms with E-state index in [4.69, 9.17) is 9.72 Å². The van der Waals surface area contributed by atoms with Gasteiger partial charge in [-0.15, -0.1) is 0 Å². The number of amides is 1. The van der Waals surface area contributed by atoms with E-state index in [2.05, 4.69) is 43.9 Å². The highest BCUT2D eigenvalue weighted by Gasteiger charge is 2.21. The van der Waals surface area contributed by atoms with Gasteiger partial charge in [-0.3, -0.25) is 4.79 Å². The Morgan fingerprint density at radius 1 is 1.15 bits per heavy atom. The van der Waals surface area contributed by atoms with Gasteiger partial charge < -0.3 is 24.8 Å². The van der Waals surface area contributed by atoms with Gasteiger partial charge in [0, 0.05) is 62.3 Å². The van der Waals surface area contributed by atoms with Gasteiger partial charge in [0.15, 0.2) is 0 Å². The molecule has 4 rings (SSSR count). The van der Waals surface area contributed by atoms with Crippen LogP contribution in [0.1, 0.15) is 56.9 Å². The summed E-state index contributed by atoms with van der Waals surface area (Å²) in [5.74, 6) is 1.96. The van der Waals surface area contributed by atoms with Crippen LogP contribution >= 0.6 is 0 Å². The molecule has 9 nitrogen and oxygen atoms in total. The van der Waals surface area contributed by atoms with Crippen LogP contribution in [0.2, 0.25) is 0 Å². The number of ether oxygens (including phenoxy) is 1. The second-order valence-corrected chi connectivity index (χ2v) is 9.05. The van der Waals surface area contributed by atoms with E-state index in [1.807, 2.05) is 32.2 Å². The number of hydrogen-bond donors (Lipinski definition) is 2. The molecule has 1 saturated heterocycles. The normalized spacial score (nSPS) is 14.9. The lowest BCUT2D eigenvalue weighted by molar-refractivity contribution is 0.0816. The zero-order chi connectivity index (χ0) is 23.5. The Kier molecular flexibility index (Phi) is 6.78. The van der Waals surface area contributed by atoms with Crippen LogP contribution in [0.4, 0.5) is 17.6 Å². The highest BCUT2D eigenvalue weighted by Crippen LogP contribution is 2.27. The number of hydrogen-bond acceptors (Lipinski definition) is 7. The van der Waals surface area contributed by atoms with E-state index in [9.17, 15) is 4.79 Å². The van der Waals surface area contributed by atoms with Gasteiger partial charge in [-0.05, 0) is 46.6 Å². The van der Waals surface area contributed by atoms with Crippen molar-refractivity contribution in [2.24, 2.45) is 0 Å². The number of carbonyl (C=O) groups excluding carboxylic acids is 1. The van der Waals surface area contributed by atoms with Gasteiger partial charge in [0.25, 0.3) is 5.91 Å².